The number of sulfonamides is 2. The molecule has 12 nitrogen and oxygen atoms in total. The molecule has 43 heavy (non-hydrogen) atoms. The number of hydrogen-bond acceptors (Lipinski definition) is 9. The number of halogens is 1. The van der Waals surface area contributed by atoms with Crippen molar-refractivity contribution in [2.75, 3.05) is 31.5 Å². The van der Waals surface area contributed by atoms with Crippen molar-refractivity contribution in [2.24, 2.45) is 5.92 Å². The lowest BCUT2D eigenvalue weighted by molar-refractivity contribution is -0.134. The number of carbonyl (C=O) groups is 1. The summed E-state index contributed by atoms with van der Waals surface area (Å²) in [6.45, 7) is 6.45. The smallest absolute Gasteiger partial charge is 0.261 e. The quantitative estimate of drug-likeness (QED) is 0.353. The van der Waals surface area contributed by atoms with Crippen molar-refractivity contribution in [3.05, 3.63) is 64.5 Å². The van der Waals surface area contributed by atoms with Gasteiger partial charge >= 0.3 is 0 Å². The molecule has 0 spiro atoms. The second-order valence-electron chi connectivity index (χ2n) is 10.7. The van der Waals surface area contributed by atoms with Crippen molar-refractivity contribution in [2.45, 2.75) is 56.1 Å². The first kappa shape index (κ1) is 32.7. The van der Waals surface area contributed by atoms with Gasteiger partial charge in [0, 0.05) is 35.8 Å². The van der Waals surface area contributed by atoms with Gasteiger partial charge < -0.3 is 19.3 Å². The minimum absolute atomic E-state index is 0.00662. The van der Waals surface area contributed by atoms with Crippen LogP contribution in [0.5, 0.6) is 5.75 Å². The normalized spacial score (nSPS) is 18.8. The fraction of sp³-hybridized carbons (Fsp3) is 0.429. The Kier molecular flexibility index (Phi) is 9.76. The van der Waals surface area contributed by atoms with Gasteiger partial charge in [0.05, 0.1) is 30.5 Å². The van der Waals surface area contributed by atoms with Crippen molar-refractivity contribution in [3.63, 3.8) is 0 Å². The lowest BCUT2D eigenvalue weighted by Crippen LogP contribution is -2.48. The second-order valence-corrected chi connectivity index (χ2v) is 14.8. The average molecular weight is 655 g/mol. The van der Waals surface area contributed by atoms with Gasteiger partial charge in [-0.15, -0.1) is 0 Å². The van der Waals surface area contributed by atoms with Crippen LogP contribution in [0.4, 0.5) is 5.69 Å². The third kappa shape index (κ3) is 7.15. The Morgan fingerprint density at radius 2 is 1.84 bits per heavy atom. The van der Waals surface area contributed by atoms with E-state index in [0.717, 1.165) is 4.31 Å². The molecule has 2 N–H and O–H groups in total. The number of fused-ring (bicyclic) bond motifs is 1. The summed E-state index contributed by atoms with van der Waals surface area (Å²) >= 11 is 5.90. The van der Waals surface area contributed by atoms with E-state index in [1.807, 2.05) is 6.92 Å². The predicted octanol–water partition coefficient (Wildman–Crippen LogP) is 3.22. The molecule has 2 aromatic carbocycles. The van der Waals surface area contributed by atoms with Gasteiger partial charge in [0.1, 0.15) is 22.4 Å². The summed E-state index contributed by atoms with van der Waals surface area (Å²) in [4.78, 5) is 15.0. The monoisotopic (exact) mass is 654 g/mol. The molecule has 1 aliphatic heterocycles. The number of likely N-dealkylation sites (N-methyl/N-ethyl adjacent to an activating group) is 1. The van der Waals surface area contributed by atoms with Gasteiger partial charge in [-0.05, 0) is 63.2 Å². The van der Waals surface area contributed by atoms with Crippen LogP contribution in [-0.4, -0.2) is 81.1 Å². The summed E-state index contributed by atoms with van der Waals surface area (Å²) in [5.41, 5.74) is 0.834. The predicted molar refractivity (Wildman–Crippen MR) is 160 cm³/mol. The van der Waals surface area contributed by atoms with Crippen molar-refractivity contribution in [1.29, 1.82) is 0 Å². The maximum Gasteiger partial charge on any atom is 0.261 e. The number of aliphatic hydroxyl groups is 1. The molecule has 4 rings (SSSR count). The molecule has 1 amide bonds. The van der Waals surface area contributed by atoms with Crippen LogP contribution >= 0.6 is 11.6 Å². The summed E-state index contributed by atoms with van der Waals surface area (Å²) in [5, 5.41) is 14.0. The Morgan fingerprint density at radius 1 is 1.16 bits per heavy atom. The van der Waals surface area contributed by atoms with Gasteiger partial charge in [-0.25, -0.2) is 16.8 Å². The van der Waals surface area contributed by atoms with Crippen molar-refractivity contribution < 1.29 is 36.0 Å². The molecule has 15 heteroatoms. The summed E-state index contributed by atoms with van der Waals surface area (Å²) in [7, 11) is -6.53. The minimum Gasteiger partial charge on any atom is -0.488 e. The second kappa shape index (κ2) is 12.8. The highest BCUT2D eigenvalue weighted by molar-refractivity contribution is 7.92. The van der Waals surface area contributed by atoms with E-state index < -0.39 is 32.2 Å². The Labute approximate surface area is 256 Å². The first-order valence-electron chi connectivity index (χ1n) is 13.5. The summed E-state index contributed by atoms with van der Waals surface area (Å²) < 4.78 is 68.1. The Hall–Kier alpha value is -3.17. The molecule has 0 fully saturated rings. The van der Waals surface area contributed by atoms with E-state index in [1.165, 1.54) is 55.3 Å². The number of anilines is 1. The molecule has 0 aliphatic carbocycles. The van der Waals surface area contributed by atoms with Crippen LogP contribution in [-0.2, 0) is 31.3 Å². The number of hydrogen-bond donors (Lipinski definition) is 2. The minimum atomic E-state index is -4.00. The number of ether oxygens (including phenoxy) is 1. The van der Waals surface area contributed by atoms with E-state index in [2.05, 4.69) is 9.88 Å². The maximum absolute atomic E-state index is 13.5. The number of aryl methyl sites for hydroxylation is 2. The van der Waals surface area contributed by atoms with E-state index in [0.29, 0.717) is 16.3 Å². The van der Waals surface area contributed by atoms with Gasteiger partial charge in [-0.3, -0.25) is 9.52 Å². The molecule has 3 atom stereocenters. The standard InChI is InChI=1S/C28H35ClN4O8S2/c1-17-14-33(18(2)16-34)27(35)13-21-12-23(31-42(36,37)24-9-6-22(29)7-10-24)8-11-25(21)40-26(17)15-32(5)43(38,39)28-19(3)30-41-20(28)4/h6-12,17-18,26,31,34H,13-16H2,1-5H3/t17-,18+,26+/m0/s1. The molecule has 0 unspecified atom stereocenters. The van der Waals surface area contributed by atoms with Gasteiger partial charge in [0.2, 0.25) is 15.9 Å². The fourth-order valence-electron chi connectivity index (χ4n) is 4.89. The molecule has 1 aliphatic rings. The van der Waals surface area contributed by atoms with E-state index in [-0.39, 0.29) is 64.9 Å². The van der Waals surface area contributed by atoms with Crippen LogP contribution < -0.4 is 9.46 Å². The number of amides is 1. The first-order valence-corrected chi connectivity index (χ1v) is 16.8. The highest BCUT2D eigenvalue weighted by Crippen LogP contribution is 2.31. The molecule has 0 bridgehead atoms. The maximum atomic E-state index is 13.5. The molecule has 0 radical (unpaired) electrons. The topological polar surface area (TPSA) is 159 Å². The molecule has 234 valence electrons. The van der Waals surface area contributed by atoms with Gasteiger partial charge in [0.15, 0.2) is 5.76 Å². The zero-order valence-electron chi connectivity index (χ0n) is 24.4. The van der Waals surface area contributed by atoms with Gasteiger partial charge in [0.25, 0.3) is 10.0 Å². The third-order valence-electron chi connectivity index (χ3n) is 7.37. The molecule has 3 aromatic rings. The number of nitrogens with zero attached hydrogens (tertiary/aromatic N) is 3. The molecule has 2 heterocycles. The van der Waals surface area contributed by atoms with Crippen LogP contribution in [0.2, 0.25) is 5.02 Å². The number of benzene rings is 2. The van der Waals surface area contributed by atoms with E-state index >= 15 is 0 Å². The highest BCUT2D eigenvalue weighted by atomic mass is 35.5. The van der Waals surface area contributed by atoms with E-state index in [1.54, 1.807) is 19.9 Å². The van der Waals surface area contributed by atoms with Crippen LogP contribution in [0, 0.1) is 19.8 Å². The Balaban J connectivity index is 1.69. The number of aliphatic hydroxyl groups excluding tert-OH is 1. The van der Waals surface area contributed by atoms with Gasteiger partial charge in [-0.1, -0.05) is 23.7 Å². The highest BCUT2D eigenvalue weighted by Gasteiger charge is 2.35. The van der Waals surface area contributed by atoms with Crippen LogP contribution in [0.25, 0.3) is 0 Å². The SMILES string of the molecule is Cc1noc(C)c1S(=O)(=O)N(C)C[C@H]1Oc2ccc(NS(=O)(=O)c3ccc(Cl)cc3)cc2CC(=O)N([C@H](C)CO)C[C@@H]1C. The lowest BCUT2D eigenvalue weighted by atomic mass is 10.0. The van der Waals surface area contributed by atoms with Crippen LogP contribution in [0.15, 0.2) is 56.8 Å². The van der Waals surface area contributed by atoms with Crippen molar-refractivity contribution in [3.8, 4) is 5.75 Å². The summed E-state index contributed by atoms with van der Waals surface area (Å²) in [5.74, 6) is -0.191. The Morgan fingerprint density at radius 3 is 2.44 bits per heavy atom. The molecule has 0 saturated heterocycles. The largest absolute Gasteiger partial charge is 0.488 e. The molecule has 0 saturated carbocycles. The number of nitrogens with one attached hydrogen (secondary N) is 1. The van der Waals surface area contributed by atoms with Gasteiger partial charge in [-0.2, -0.15) is 4.31 Å². The first-order chi connectivity index (χ1) is 20.1. The van der Waals surface area contributed by atoms with E-state index in [4.69, 9.17) is 20.9 Å². The van der Waals surface area contributed by atoms with Crippen LogP contribution in [0.3, 0.4) is 0 Å². The van der Waals surface area contributed by atoms with E-state index in [9.17, 15) is 26.7 Å². The average Bonchev–Trinajstić information content (AvgIpc) is 3.31. The summed E-state index contributed by atoms with van der Waals surface area (Å²) in [6, 6.07) is 9.74. The Bertz CT molecular complexity index is 1670. The van der Waals surface area contributed by atoms with Crippen molar-refractivity contribution >= 4 is 43.2 Å². The lowest BCUT2D eigenvalue weighted by Gasteiger charge is -2.33. The zero-order chi connectivity index (χ0) is 31.7. The fourth-order valence-corrected chi connectivity index (χ4v) is 7.53. The molecule has 1 aromatic heterocycles. The summed E-state index contributed by atoms with van der Waals surface area (Å²) in [6.07, 6.45) is -0.863. The van der Waals surface area contributed by atoms with Crippen LogP contribution in [0.1, 0.15) is 30.9 Å². The molecular formula is C28H35ClN4O8S2. The number of carbonyl (C=O) groups excluding carboxylic acids is 1. The molecular weight excluding hydrogens is 620 g/mol. The number of aromatic nitrogens is 1. The number of rotatable bonds is 9. The van der Waals surface area contributed by atoms with Crippen molar-refractivity contribution in [1.82, 2.24) is 14.4 Å². The third-order valence-corrected chi connectivity index (χ3v) is 11.1. The zero-order valence-corrected chi connectivity index (χ0v) is 26.8.